The van der Waals surface area contributed by atoms with E-state index in [9.17, 15) is 24.3 Å². The van der Waals surface area contributed by atoms with Crippen molar-refractivity contribution in [1.82, 2.24) is 16.0 Å². The highest BCUT2D eigenvalue weighted by Crippen LogP contribution is 2.09. The molecule has 0 aromatic rings. The first-order valence-corrected chi connectivity index (χ1v) is 11.8. The third-order valence-corrected chi connectivity index (χ3v) is 5.41. The summed E-state index contributed by atoms with van der Waals surface area (Å²) >= 11 is 1.47. The molecule has 184 valence electrons. The summed E-state index contributed by atoms with van der Waals surface area (Å²) in [6.45, 7) is 3.59. The molecule has 0 saturated carbocycles. The molecule has 0 heterocycles. The second-order valence-electron chi connectivity index (χ2n) is 7.38. The van der Waals surface area contributed by atoms with Crippen molar-refractivity contribution in [1.29, 1.82) is 0 Å². The molecular formula is C19H37N7O5S. The van der Waals surface area contributed by atoms with Crippen LogP contribution < -0.4 is 33.2 Å². The molecule has 13 heteroatoms. The SMILES string of the molecule is CCC(C)C(NC(=O)CNC(=O)C(N)CCCN=C(N)N)C(=O)NC(CCSC)C(=O)O. The van der Waals surface area contributed by atoms with Crippen LogP contribution in [0.1, 0.15) is 39.5 Å². The lowest BCUT2D eigenvalue weighted by Crippen LogP contribution is -2.56. The number of carbonyl (C=O) groups is 4. The second-order valence-corrected chi connectivity index (χ2v) is 8.37. The van der Waals surface area contributed by atoms with E-state index in [2.05, 4.69) is 20.9 Å². The van der Waals surface area contributed by atoms with Gasteiger partial charge in [-0.2, -0.15) is 11.8 Å². The number of aliphatic carboxylic acids is 1. The van der Waals surface area contributed by atoms with Crippen LogP contribution in [0.15, 0.2) is 4.99 Å². The number of nitrogens with two attached hydrogens (primary N) is 3. The Balaban J connectivity index is 4.77. The van der Waals surface area contributed by atoms with Gasteiger partial charge in [-0.1, -0.05) is 20.3 Å². The maximum atomic E-state index is 12.7. The van der Waals surface area contributed by atoms with Crippen molar-refractivity contribution < 1.29 is 24.3 Å². The van der Waals surface area contributed by atoms with E-state index in [1.54, 1.807) is 6.92 Å². The molecule has 0 aromatic heterocycles. The van der Waals surface area contributed by atoms with Gasteiger partial charge < -0.3 is 38.3 Å². The van der Waals surface area contributed by atoms with Crippen molar-refractivity contribution in [3.8, 4) is 0 Å². The highest BCUT2D eigenvalue weighted by atomic mass is 32.2. The van der Waals surface area contributed by atoms with Crippen LogP contribution in [0.4, 0.5) is 0 Å². The lowest BCUT2D eigenvalue weighted by Gasteiger charge is -2.25. The van der Waals surface area contributed by atoms with Crippen LogP contribution in [0.2, 0.25) is 0 Å². The summed E-state index contributed by atoms with van der Waals surface area (Å²) in [4.78, 5) is 52.2. The van der Waals surface area contributed by atoms with Crippen LogP contribution in [0.3, 0.4) is 0 Å². The molecule has 0 aliphatic carbocycles. The Bertz CT molecular complexity index is 658. The van der Waals surface area contributed by atoms with Gasteiger partial charge in [0.1, 0.15) is 12.1 Å². The maximum absolute atomic E-state index is 12.7. The number of amides is 3. The van der Waals surface area contributed by atoms with E-state index in [-0.39, 0.29) is 24.8 Å². The van der Waals surface area contributed by atoms with E-state index in [1.807, 2.05) is 13.2 Å². The monoisotopic (exact) mass is 475 g/mol. The first-order valence-electron chi connectivity index (χ1n) is 10.4. The molecule has 0 radical (unpaired) electrons. The van der Waals surface area contributed by atoms with Gasteiger partial charge in [0.25, 0.3) is 0 Å². The van der Waals surface area contributed by atoms with Crippen molar-refractivity contribution in [2.24, 2.45) is 28.1 Å². The van der Waals surface area contributed by atoms with Crippen LogP contribution in [0, 0.1) is 5.92 Å². The number of nitrogens with zero attached hydrogens (tertiary/aromatic N) is 1. The van der Waals surface area contributed by atoms with Gasteiger partial charge in [-0.3, -0.25) is 19.4 Å². The summed E-state index contributed by atoms with van der Waals surface area (Å²) in [7, 11) is 0. The molecule has 0 aliphatic heterocycles. The highest BCUT2D eigenvalue weighted by Gasteiger charge is 2.29. The topological polar surface area (TPSA) is 215 Å². The zero-order valence-corrected chi connectivity index (χ0v) is 19.7. The Morgan fingerprint density at radius 1 is 1.09 bits per heavy atom. The van der Waals surface area contributed by atoms with Crippen molar-refractivity contribution in [2.75, 3.05) is 25.1 Å². The Labute approximate surface area is 192 Å². The quantitative estimate of drug-likeness (QED) is 0.0771. The average molecular weight is 476 g/mol. The third-order valence-electron chi connectivity index (χ3n) is 4.76. The number of aliphatic imine (C=N–C) groups is 1. The normalized spacial score (nSPS) is 14.4. The third kappa shape index (κ3) is 12.3. The van der Waals surface area contributed by atoms with Gasteiger partial charge in [0.2, 0.25) is 17.7 Å². The predicted octanol–water partition coefficient (Wildman–Crippen LogP) is -1.66. The molecule has 0 aromatic carbocycles. The summed E-state index contributed by atoms with van der Waals surface area (Å²) in [5.41, 5.74) is 16.2. The first kappa shape index (κ1) is 29.5. The van der Waals surface area contributed by atoms with Crippen molar-refractivity contribution >= 4 is 41.4 Å². The summed E-state index contributed by atoms with van der Waals surface area (Å²) < 4.78 is 0. The number of carboxylic acid groups (broad SMARTS) is 1. The Morgan fingerprint density at radius 3 is 2.28 bits per heavy atom. The number of hydrogen-bond acceptors (Lipinski definition) is 7. The summed E-state index contributed by atoms with van der Waals surface area (Å²) in [6.07, 6.45) is 3.51. The van der Waals surface area contributed by atoms with Crippen LogP contribution in [0.25, 0.3) is 0 Å². The minimum Gasteiger partial charge on any atom is -0.480 e. The number of rotatable bonds is 16. The molecule has 10 N–H and O–H groups in total. The van der Waals surface area contributed by atoms with Gasteiger partial charge >= 0.3 is 5.97 Å². The molecule has 12 nitrogen and oxygen atoms in total. The van der Waals surface area contributed by atoms with Crippen molar-refractivity contribution in [3.63, 3.8) is 0 Å². The fourth-order valence-electron chi connectivity index (χ4n) is 2.63. The summed E-state index contributed by atoms with van der Waals surface area (Å²) in [5, 5.41) is 16.8. The van der Waals surface area contributed by atoms with Crippen molar-refractivity contribution in [3.05, 3.63) is 0 Å². The predicted molar refractivity (Wildman–Crippen MR) is 125 cm³/mol. The molecule has 32 heavy (non-hydrogen) atoms. The number of thioether (sulfide) groups is 1. The molecule has 0 spiro atoms. The minimum absolute atomic E-state index is 0.0430. The Kier molecular flexibility index (Phi) is 14.9. The van der Waals surface area contributed by atoms with E-state index < -0.39 is 41.8 Å². The van der Waals surface area contributed by atoms with Gasteiger partial charge in [-0.05, 0) is 37.2 Å². The summed E-state index contributed by atoms with van der Waals surface area (Å²) in [5.74, 6) is -2.54. The van der Waals surface area contributed by atoms with E-state index in [0.29, 0.717) is 31.6 Å². The van der Waals surface area contributed by atoms with Crippen LogP contribution in [-0.2, 0) is 19.2 Å². The fourth-order valence-corrected chi connectivity index (χ4v) is 3.10. The molecule has 0 rings (SSSR count). The smallest absolute Gasteiger partial charge is 0.326 e. The highest BCUT2D eigenvalue weighted by molar-refractivity contribution is 7.98. The zero-order chi connectivity index (χ0) is 24.7. The molecular weight excluding hydrogens is 438 g/mol. The molecule has 4 unspecified atom stereocenters. The standard InChI is InChI=1S/C19H37N7O5S/c1-4-11(2)15(17(29)25-13(18(30)31)7-9-32-3)26-14(27)10-24-16(28)12(20)6-5-8-23-19(21)22/h11-13,15H,4-10,20H2,1-3H3,(H,24,28)(H,25,29)(H,26,27)(H,30,31)(H4,21,22,23). The molecule has 0 fully saturated rings. The van der Waals surface area contributed by atoms with Gasteiger partial charge in [-0.15, -0.1) is 0 Å². The van der Waals surface area contributed by atoms with E-state index in [4.69, 9.17) is 17.2 Å². The van der Waals surface area contributed by atoms with E-state index in [1.165, 1.54) is 11.8 Å². The number of nitrogens with one attached hydrogen (secondary N) is 3. The van der Waals surface area contributed by atoms with Crippen molar-refractivity contribution in [2.45, 2.75) is 57.7 Å². The van der Waals surface area contributed by atoms with E-state index >= 15 is 0 Å². The molecule has 0 bridgehead atoms. The van der Waals surface area contributed by atoms with Gasteiger partial charge in [0.15, 0.2) is 5.96 Å². The zero-order valence-electron chi connectivity index (χ0n) is 18.9. The number of carboxylic acids is 1. The number of hydrogen-bond donors (Lipinski definition) is 7. The lowest BCUT2D eigenvalue weighted by atomic mass is 9.97. The number of guanidine groups is 1. The Hall–Kier alpha value is -2.54. The minimum atomic E-state index is -1.14. The van der Waals surface area contributed by atoms with Gasteiger partial charge in [-0.25, -0.2) is 4.79 Å². The molecule has 3 amide bonds. The average Bonchev–Trinajstić information content (AvgIpc) is 2.74. The molecule has 0 saturated heterocycles. The largest absolute Gasteiger partial charge is 0.480 e. The van der Waals surface area contributed by atoms with Crippen LogP contribution in [0.5, 0.6) is 0 Å². The van der Waals surface area contributed by atoms with E-state index in [0.717, 1.165) is 0 Å². The second kappa shape index (κ2) is 16.1. The van der Waals surface area contributed by atoms with Crippen LogP contribution >= 0.6 is 11.8 Å². The first-order chi connectivity index (χ1) is 15.0. The van der Waals surface area contributed by atoms with Crippen LogP contribution in [-0.4, -0.2) is 78.0 Å². The number of carbonyl (C=O) groups excluding carboxylic acids is 3. The van der Waals surface area contributed by atoms with Gasteiger partial charge in [0, 0.05) is 6.54 Å². The lowest BCUT2D eigenvalue weighted by molar-refractivity contribution is -0.142. The fraction of sp³-hybridized carbons (Fsp3) is 0.737. The maximum Gasteiger partial charge on any atom is 0.326 e. The van der Waals surface area contributed by atoms with Gasteiger partial charge in [0.05, 0.1) is 12.6 Å². The summed E-state index contributed by atoms with van der Waals surface area (Å²) in [6, 6.07) is -2.82. The molecule has 4 atom stereocenters. The Morgan fingerprint density at radius 2 is 1.75 bits per heavy atom. The molecule has 0 aliphatic rings.